The Bertz CT molecular complexity index is 452. The molecule has 0 rings (SSSR count). The number of rotatable bonds is 23. The van der Waals surface area contributed by atoms with Crippen LogP contribution in [0.5, 0.6) is 0 Å². The molecule has 206 valence electrons. The highest BCUT2D eigenvalue weighted by atomic mass is 28.4. The molecule has 0 amide bonds. The van der Waals surface area contributed by atoms with Gasteiger partial charge < -0.3 is 44.6 Å². The van der Waals surface area contributed by atoms with Crippen LogP contribution in [-0.4, -0.2) is 103 Å². The second kappa shape index (κ2) is 17.7. The predicted octanol–water partition coefficient (Wildman–Crippen LogP) is 3.74. The van der Waals surface area contributed by atoms with E-state index in [0.29, 0.717) is 24.7 Å². The SMILES string of the molecule is CCCOC(CCC[Si](OC)(OC)OC)(CCC[Si](OC)(OC)OC)CC[Si](OC)(OC)OC. The third-order valence-electron chi connectivity index (χ3n) is 6.53. The molecule has 0 aromatic heterocycles. The van der Waals surface area contributed by atoms with E-state index in [1.54, 1.807) is 64.0 Å². The normalized spacial score (nSPS) is 13.6. The molecule has 0 N–H and O–H groups in total. The monoisotopic (exact) mass is 546 g/mol. The van der Waals surface area contributed by atoms with Crippen molar-refractivity contribution in [3.63, 3.8) is 0 Å². The molecule has 0 heterocycles. The van der Waals surface area contributed by atoms with Crippen molar-refractivity contribution in [1.29, 1.82) is 0 Å². The fraction of sp³-hybridized carbons (Fsp3) is 1.00. The quantitative estimate of drug-likeness (QED) is 0.176. The highest BCUT2D eigenvalue weighted by Crippen LogP contribution is 2.36. The first-order valence-corrected chi connectivity index (χ1v) is 17.6. The molecule has 34 heavy (non-hydrogen) atoms. The number of hydrogen-bond acceptors (Lipinski definition) is 10. The van der Waals surface area contributed by atoms with Crippen molar-refractivity contribution in [2.75, 3.05) is 70.6 Å². The Balaban J connectivity index is 5.75. The van der Waals surface area contributed by atoms with E-state index in [9.17, 15) is 0 Å². The first-order valence-electron chi connectivity index (χ1n) is 11.8. The van der Waals surface area contributed by atoms with Crippen molar-refractivity contribution >= 4 is 26.4 Å². The van der Waals surface area contributed by atoms with E-state index in [1.165, 1.54) is 0 Å². The van der Waals surface area contributed by atoms with E-state index in [0.717, 1.165) is 38.5 Å². The molecule has 0 saturated heterocycles. The molecule has 0 atom stereocenters. The molecule has 0 aliphatic heterocycles. The molecule has 0 spiro atoms. The fourth-order valence-electron chi connectivity index (χ4n) is 4.21. The fourth-order valence-corrected chi connectivity index (χ4v) is 9.53. The minimum absolute atomic E-state index is 0.408. The zero-order chi connectivity index (χ0) is 26.1. The third kappa shape index (κ3) is 10.3. The van der Waals surface area contributed by atoms with Crippen LogP contribution < -0.4 is 0 Å². The first kappa shape index (κ1) is 34.3. The average molecular weight is 547 g/mol. The molecule has 0 aliphatic carbocycles. The van der Waals surface area contributed by atoms with E-state index < -0.39 is 32.0 Å². The van der Waals surface area contributed by atoms with E-state index >= 15 is 0 Å². The Kier molecular flexibility index (Phi) is 17.8. The minimum Gasteiger partial charge on any atom is -0.377 e. The van der Waals surface area contributed by atoms with Crippen molar-refractivity contribution < 1.29 is 44.6 Å². The van der Waals surface area contributed by atoms with Crippen LogP contribution in [0.25, 0.3) is 0 Å². The van der Waals surface area contributed by atoms with Crippen molar-refractivity contribution in [2.45, 2.75) is 69.2 Å². The summed E-state index contributed by atoms with van der Waals surface area (Å²) in [5.41, 5.74) is -0.408. The van der Waals surface area contributed by atoms with E-state index in [4.69, 9.17) is 44.6 Å². The maximum absolute atomic E-state index is 6.58. The number of ether oxygens (including phenoxy) is 1. The van der Waals surface area contributed by atoms with E-state index in [-0.39, 0.29) is 0 Å². The summed E-state index contributed by atoms with van der Waals surface area (Å²) in [5, 5.41) is 0. The van der Waals surface area contributed by atoms with Crippen LogP contribution in [-0.2, 0) is 44.6 Å². The summed E-state index contributed by atoms with van der Waals surface area (Å²) in [4.78, 5) is 0. The zero-order valence-corrected chi connectivity index (χ0v) is 26.2. The minimum atomic E-state index is -2.77. The van der Waals surface area contributed by atoms with Gasteiger partial charge in [-0.3, -0.25) is 0 Å². The molecular weight excluding hydrogens is 496 g/mol. The van der Waals surface area contributed by atoms with Gasteiger partial charge in [-0.15, -0.1) is 0 Å². The highest BCUT2D eigenvalue weighted by Gasteiger charge is 2.44. The molecule has 0 bridgehead atoms. The second-order valence-corrected chi connectivity index (χ2v) is 17.4. The standard InChI is InChI=1S/C21H50O10Si3/c1-11-17-31-21(16-20-34(28-8,29-9)30-10,14-12-18-32(22-2,23-3)24-4)15-13-19-33(25-5,26-6)27-7/h11-20H2,1-10H3. The van der Waals surface area contributed by atoms with Crippen molar-refractivity contribution in [2.24, 2.45) is 0 Å². The van der Waals surface area contributed by atoms with Crippen LogP contribution in [0.2, 0.25) is 18.1 Å². The maximum Gasteiger partial charge on any atom is 0.500 e. The van der Waals surface area contributed by atoms with Crippen LogP contribution in [0.3, 0.4) is 0 Å². The Hall–Kier alpha value is 0.251. The topological polar surface area (TPSA) is 92.3 Å². The molecule has 0 aromatic carbocycles. The molecular formula is C21H50O10Si3. The van der Waals surface area contributed by atoms with Gasteiger partial charge in [0, 0.05) is 88.7 Å². The van der Waals surface area contributed by atoms with Crippen LogP contribution in [0, 0.1) is 0 Å². The zero-order valence-electron chi connectivity index (χ0n) is 23.2. The Morgan fingerprint density at radius 3 is 1.09 bits per heavy atom. The second-order valence-electron chi connectivity index (χ2n) is 8.12. The van der Waals surface area contributed by atoms with Crippen molar-refractivity contribution in [3.05, 3.63) is 0 Å². The predicted molar refractivity (Wildman–Crippen MR) is 137 cm³/mol. The lowest BCUT2D eigenvalue weighted by Gasteiger charge is -2.38. The van der Waals surface area contributed by atoms with Gasteiger partial charge in [-0.05, 0) is 38.5 Å². The molecule has 0 aromatic rings. The van der Waals surface area contributed by atoms with Gasteiger partial charge in [0.2, 0.25) is 0 Å². The molecule has 0 radical (unpaired) electrons. The van der Waals surface area contributed by atoms with E-state index in [2.05, 4.69) is 6.92 Å². The van der Waals surface area contributed by atoms with Gasteiger partial charge in [-0.2, -0.15) is 0 Å². The molecule has 10 nitrogen and oxygen atoms in total. The van der Waals surface area contributed by atoms with Crippen molar-refractivity contribution in [1.82, 2.24) is 0 Å². The summed E-state index contributed by atoms with van der Waals surface area (Å²) in [6.07, 6.45) is 4.92. The van der Waals surface area contributed by atoms with Crippen LogP contribution in [0.1, 0.15) is 45.4 Å². The van der Waals surface area contributed by atoms with Gasteiger partial charge in [0.05, 0.1) is 5.60 Å². The summed E-state index contributed by atoms with van der Waals surface area (Å²) >= 11 is 0. The molecule has 0 saturated carbocycles. The van der Waals surface area contributed by atoms with Gasteiger partial charge in [-0.1, -0.05) is 6.92 Å². The highest BCUT2D eigenvalue weighted by molar-refractivity contribution is 6.61. The summed E-state index contributed by atoms with van der Waals surface area (Å²) in [5.74, 6) is 0. The largest absolute Gasteiger partial charge is 0.500 e. The van der Waals surface area contributed by atoms with Crippen LogP contribution in [0.4, 0.5) is 0 Å². The Morgan fingerprint density at radius 1 is 0.471 bits per heavy atom. The summed E-state index contributed by atoms with van der Waals surface area (Å²) in [6.45, 7) is 2.77. The van der Waals surface area contributed by atoms with Gasteiger partial charge in [0.15, 0.2) is 0 Å². The smallest absolute Gasteiger partial charge is 0.377 e. The Morgan fingerprint density at radius 2 is 0.794 bits per heavy atom. The summed E-state index contributed by atoms with van der Waals surface area (Å²) in [7, 11) is 6.62. The average Bonchev–Trinajstić information content (AvgIpc) is 2.89. The molecule has 0 unspecified atom stereocenters. The third-order valence-corrected chi connectivity index (χ3v) is 14.9. The van der Waals surface area contributed by atoms with Gasteiger partial charge in [0.1, 0.15) is 0 Å². The van der Waals surface area contributed by atoms with Gasteiger partial charge in [0.25, 0.3) is 0 Å². The lowest BCUT2D eigenvalue weighted by atomic mass is 9.89. The lowest BCUT2D eigenvalue weighted by Crippen LogP contribution is -2.47. The molecule has 0 fully saturated rings. The molecule has 0 aliphatic rings. The lowest BCUT2D eigenvalue weighted by molar-refractivity contribution is -0.0649. The van der Waals surface area contributed by atoms with Gasteiger partial charge in [-0.25, -0.2) is 0 Å². The van der Waals surface area contributed by atoms with Crippen LogP contribution >= 0.6 is 0 Å². The Labute approximate surface area is 210 Å². The first-order chi connectivity index (χ1) is 16.2. The van der Waals surface area contributed by atoms with Gasteiger partial charge >= 0.3 is 26.4 Å². The molecule has 13 heteroatoms. The number of hydrogen-bond donors (Lipinski definition) is 0. The van der Waals surface area contributed by atoms with E-state index in [1.807, 2.05) is 0 Å². The van der Waals surface area contributed by atoms with Crippen molar-refractivity contribution in [3.8, 4) is 0 Å². The maximum atomic E-state index is 6.58. The summed E-state index contributed by atoms with van der Waals surface area (Å²) < 4.78 is 57.4. The summed E-state index contributed by atoms with van der Waals surface area (Å²) in [6, 6.07) is 2.03. The van der Waals surface area contributed by atoms with Crippen LogP contribution in [0.15, 0.2) is 0 Å².